The highest BCUT2D eigenvalue weighted by Crippen LogP contribution is 1.92. The number of aliphatic hydroxyl groups excluding tert-OH is 1. The molecule has 11 heteroatoms. The second-order valence-corrected chi connectivity index (χ2v) is 5.86. The molecule has 0 atom stereocenters. The second-order valence-electron chi connectivity index (χ2n) is 4.29. The van der Waals surface area contributed by atoms with Gasteiger partial charge in [-0.3, -0.25) is 9.45 Å². The number of nitrogens with one attached hydrogen (secondary N) is 1. The zero-order valence-electron chi connectivity index (χ0n) is 12.6. The minimum Gasteiger partial charge on any atom is -0.461 e. The Hall–Kier alpha value is -1.69. The molecule has 0 saturated heterocycles. The molecule has 0 rings (SSSR count). The van der Waals surface area contributed by atoms with Crippen LogP contribution in [0.25, 0.3) is 0 Å². The molecule has 10 nitrogen and oxygen atoms in total. The molecule has 1 amide bonds. The van der Waals surface area contributed by atoms with Crippen molar-refractivity contribution < 1.29 is 37.1 Å². The van der Waals surface area contributed by atoms with E-state index in [9.17, 15) is 18.0 Å². The Balaban J connectivity index is 3.87. The van der Waals surface area contributed by atoms with Crippen molar-refractivity contribution in [2.45, 2.75) is 0 Å². The fraction of sp³-hybridized carbons (Fsp3) is 0.667. The third-order valence-electron chi connectivity index (χ3n) is 2.50. The summed E-state index contributed by atoms with van der Waals surface area (Å²) in [7, 11) is -4.09. The Bertz CT molecular complexity index is 479. The molecule has 0 aromatic heterocycles. The van der Waals surface area contributed by atoms with E-state index >= 15 is 0 Å². The van der Waals surface area contributed by atoms with Crippen LogP contribution in [0.1, 0.15) is 0 Å². The van der Waals surface area contributed by atoms with Crippen molar-refractivity contribution in [3.05, 3.63) is 12.7 Å². The average molecular weight is 354 g/mol. The number of rotatable bonds is 12. The molecule has 0 saturated carbocycles. The van der Waals surface area contributed by atoms with E-state index in [2.05, 4.69) is 16.6 Å². The fourth-order valence-electron chi connectivity index (χ4n) is 1.40. The molecule has 0 aromatic carbocycles. The molecule has 0 aliphatic heterocycles. The lowest BCUT2D eigenvalue weighted by Crippen LogP contribution is -2.36. The predicted molar refractivity (Wildman–Crippen MR) is 80.4 cm³/mol. The van der Waals surface area contributed by atoms with Gasteiger partial charge in [0.1, 0.15) is 13.2 Å². The molecule has 0 radical (unpaired) electrons. The standard InChI is InChI=1S/C12H22N2O8S/c1-2-11(16)21-8-3-13-12(17)22-9-5-14(4-7-15)6-10-23(18,19)20/h2,15H,1,3-10H2,(H,13,17)(H,18,19,20). The molecule has 134 valence electrons. The summed E-state index contributed by atoms with van der Waals surface area (Å²) in [6, 6.07) is 0. The lowest BCUT2D eigenvalue weighted by atomic mass is 10.5. The Morgan fingerprint density at radius 2 is 1.87 bits per heavy atom. The van der Waals surface area contributed by atoms with Gasteiger partial charge in [-0.15, -0.1) is 0 Å². The van der Waals surface area contributed by atoms with Gasteiger partial charge in [0.05, 0.1) is 18.9 Å². The summed E-state index contributed by atoms with van der Waals surface area (Å²) in [6.07, 6.45) is 0.277. The van der Waals surface area contributed by atoms with Crippen molar-refractivity contribution in [1.29, 1.82) is 0 Å². The Morgan fingerprint density at radius 3 is 2.43 bits per heavy atom. The molecule has 0 aliphatic carbocycles. The summed E-state index contributed by atoms with van der Waals surface area (Å²) < 4.78 is 39.5. The molecule has 0 aliphatic rings. The summed E-state index contributed by atoms with van der Waals surface area (Å²) >= 11 is 0. The van der Waals surface area contributed by atoms with E-state index in [4.69, 9.17) is 14.4 Å². The molecule has 0 unspecified atom stereocenters. The van der Waals surface area contributed by atoms with Crippen LogP contribution in [0.15, 0.2) is 12.7 Å². The first-order valence-electron chi connectivity index (χ1n) is 6.76. The number of hydrogen-bond donors (Lipinski definition) is 3. The summed E-state index contributed by atoms with van der Waals surface area (Å²) in [5.41, 5.74) is 0. The number of hydrogen-bond acceptors (Lipinski definition) is 8. The van der Waals surface area contributed by atoms with E-state index in [-0.39, 0.29) is 46.0 Å². The van der Waals surface area contributed by atoms with Gasteiger partial charge in [-0.1, -0.05) is 6.58 Å². The average Bonchev–Trinajstić information content (AvgIpc) is 2.48. The van der Waals surface area contributed by atoms with Crippen molar-refractivity contribution in [1.82, 2.24) is 10.2 Å². The van der Waals surface area contributed by atoms with Crippen LogP contribution in [0.5, 0.6) is 0 Å². The van der Waals surface area contributed by atoms with Crippen molar-refractivity contribution in [2.24, 2.45) is 0 Å². The predicted octanol–water partition coefficient (Wildman–Crippen LogP) is -1.38. The van der Waals surface area contributed by atoms with Gasteiger partial charge in [0, 0.05) is 25.7 Å². The Kier molecular flexibility index (Phi) is 11.0. The topological polar surface area (TPSA) is 142 Å². The Morgan fingerprint density at radius 1 is 1.17 bits per heavy atom. The van der Waals surface area contributed by atoms with E-state index in [0.717, 1.165) is 6.08 Å². The highest BCUT2D eigenvalue weighted by atomic mass is 32.2. The third kappa shape index (κ3) is 13.7. The van der Waals surface area contributed by atoms with Crippen LogP contribution in [0.2, 0.25) is 0 Å². The van der Waals surface area contributed by atoms with Crippen LogP contribution in [-0.2, 0) is 24.4 Å². The molecular formula is C12H22N2O8S. The quantitative estimate of drug-likeness (QED) is 0.167. The molecule has 0 bridgehead atoms. The van der Waals surface area contributed by atoms with Crippen LogP contribution in [0, 0.1) is 0 Å². The molecule has 0 heterocycles. The van der Waals surface area contributed by atoms with Crippen molar-refractivity contribution in [2.75, 3.05) is 51.8 Å². The summed E-state index contributed by atoms with van der Waals surface area (Å²) in [6.45, 7) is 3.39. The van der Waals surface area contributed by atoms with Crippen molar-refractivity contribution in [3.8, 4) is 0 Å². The monoisotopic (exact) mass is 354 g/mol. The molecule has 0 fully saturated rings. The van der Waals surface area contributed by atoms with Crippen molar-refractivity contribution in [3.63, 3.8) is 0 Å². The minimum absolute atomic E-state index is 0.00186. The maximum absolute atomic E-state index is 11.3. The zero-order valence-corrected chi connectivity index (χ0v) is 13.5. The number of alkyl carbamates (subject to hydrolysis) is 1. The molecule has 0 aromatic rings. The lowest BCUT2D eigenvalue weighted by Gasteiger charge is -2.20. The van der Waals surface area contributed by atoms with Crippen LogP contribution in [-0.4, -0.2) is 86.8 Å². The van der Waals surface area contributed by atoms with Gasteiger partial charge >= 0.3 is 12.1 Å². The number of esters is 1. The number of aliphatic hydroxyl groups is 1. The largest absolute Gasteiger partial charge is 0.461 e. The maximum Gasteiger partial charge on any atom is 0.407 e. The van der Waals surface area contributed by atoms with Gasteiger partial charge in [0.2, 0.25) is 0 Å². The summed E-state index contributed by atoms with van der Waals surface area (Å²) in [4.78, 5) is 23.6. The van der Waals surface area contributed by atoms with E-state index in [0.29, 0.717) is 0 Å². The van der Waals surface area contributed by atoms with Gasteiger partial charge in [0.25, 0.3) is 10.1 Å². The zero-order chi connectivity index (χ0) is 17.7. The first-order chi connectivity index (χ1) is 10.8. The highest BCUT2D eigenvalue weighted by Gasteiger charge is 2.11. The molecular weight excluding hydrogens is 332 g/mol. The van der Waals surface area contributed by atoms with Gasteiger partial charge in [-0.2, -0.15) is 8.42 Å². The third-order valence-corrected chi connectivity index (χ3v) is 3.20. The minimum atomic E-state index is -4.09. The first kappa shape index (κ1) is 21.3. The van der Waals surface area contributed by atoms with Gasteiger partial charge < -0.3 is 19.9 Å². The molecule has 3 N–H and O–H groups in total. The van der Waals surface area contributed by atoms with Crippen LogP contribution < -0.4 is 5.32 Å². The highest BCUT2D eigenvalue weighted by molar-refractivity contribution is 7.85. The second kappa shape index (κ2) is 11.8. The first-order valence-corrected chi connectivity index (χ1v) is 8.37. The van der Waals surface area contributed by atoms with E-state index in [1.165, 1.54) is 4.90 Å². The number of nitrogens with zero attached hydrogens (tertiary/aromatic N) is 1. The van der Waals surface area contributed by atoms with Gasteiger partial charge in [0.15, 0.2) is 0 Å². The smallest absolute Gasteiger partial charge is 0.407 e. The van der Waals surface area contributed by atoms with Crippen molar-refractivity contribution >= 4 is 22.2 Å². The van der Waals surface area contributed by atoms with Crippen LogP contribution in [0.4, 0.5) is 4.79 Å². The normalized spacial score (nSPS) is 11.1. The fourth-order valence-corrected chi connectivity index (χ4v) is 1.89. The van der Waals surface area contributed by atoms with Crippen LogP contribution in [0.3, 0.4) is 0 Å². The Labute approximate surface area is 134 Å². The lowest BCUT2D eigenvalue weighted by molar-refractivity contribution is -0.137. The molecule has 0 spiro atoms. The van der Waals surface area contributed by atoms with Gasteiger partial charge in [-0.05, 0) is 0 Å². The van der Waals surface area contributed by atoms with Gasteiger partial charge in [-0.25, -0.2) is 9.59 Å². The van der Waals surface area contributed by atoms with E-state index in [1.807, 2.05) is 0 Å². The summed E-state index contributed by atoms with van der Waals surface area (Å²) in [5, 5.41) is 11.2. The number of amides is 1. The maximum atomic E-state index is 11.3. The van der Waals surface area contributed by atoms with E-state index < -0.39 is 27.9 Å². The van der Waals surface area contributed by atoms with Crippen LogP contribution >= 0.6 is 0 Å². The number of carbonyl (C=O) groups is 2. The van der Waals surface area contributed by atoms with E-state index in [1.54, 1.807) is 0 Å². The SMILES string of the molecule is C=CC(=O)OCCNC(=O)OCCN(CCO)CCS(=O)(=O)O. The number of ether oxygens (including phenoxy) is 2. The summed E-state index contributed by atoms with van der Waals surface area (Å²) in [5.74, 6) is -1.08. The molecule has 23 heavy (non-hydrogen) atoms. The number of carbonyl (C=O) groups excluding carboxylic acids is 2.